The first kappa shape index (κ1) is 11.8. The van der Waals surface area contributed by atoms with E-state index in [4.69, 9.17) is 4.74 Å². The number of nitrogens with zero attached hydrogens (tertiary/aromatic N) is 1. The lowest BCUT2D eigenvalue weighted by Gasteiger charge is -2.10. The molecule has 0 amide bonds. The number of nitrogens with one attached hydrogen (secondary N) is 1. The van der Waals surface area contributed by atoms with Gasteiger partial charge in [0.2, 0.25) is 5.88 Å². The molecule has 2 rings (SSSR count). The van der Waals surface area contributed by atoms with Gasteiger partial charge in [-0.05, 0) is 35.0 Å². The molecule has 3 nitrogen and oxygen atoms in total. The molecular formula is C9H12BrClN2O. The number of halogens is 2. The fraction of sp³-hybridized carbons (Fsp3) is 0.444. The minimum atomic E-state index is 0. The van der Waals surface area contributed by atoms with Crippen LogP contribution in [0.25, 0.3) is 0 Å². The van der Waals surface area contributed by atoms with Gasteiger partial charge in [-0.3, -0.25) is 0 Å². The van der Waals surface area contributed by atoms with Gasteiger partial charge >= 0.3 is 0 Å². The molecule has 0 aliphatic carbocycles. The second-order valence-corrected chi connectivity index (χ2v) is 3.96. The minimum Gasteiger partial charge on any atom is -0.473 e. The van der Waals surface area contributed by atoms with E-state index in [1.807, 2.05) is 12.1 Å². The van der Waals surface area contributed by atoms with Crippen molar-refractivity contribution in [3.63, 3.8) is 0 Å². The summed E-state index contributed by atoms with van der Waals surface area (Å²) in [5.74, 6) is 0.705. The molecule has 0 unspecified atom stereocenters. The van der Waals surface area contributed by atoms with Gasteiger partial charge in [-0.1, -0.05) is 0 Å². The average molecular weight is 280 g/mol. The maximum atomic E-state index is 5.64. The summed E-state index contributed by atoms with van der Waals surface area (Å²) in [5, 5.41) is 3.24. The van der Waals surface area contributed by atoms with Gasteiger partial charge in [0.15, 0.2) is 0 Å². The van der Waals surface area contributed by atoms with Crippen LogP contribution in [0.5, 0.6) is 5.88 Å². The van der Waals surface area contributed by atoms with Gasteiger partial charge in [0.25, 0.3) is 0 Å². The predicted molar refractivity (Wildman–Crippen MR) is 61.1 cm³/mol. The summed E-state index contributed by atoms with van der Waals surface area (Å²) < 4.78 is 6.61. The molecule has 2 heterocycles. The monoisotopic (exact) mass is 278 g/mol. The zero-order valence-electron chi connectivity index (χ0n) is 7.57. The molecule has 1 fully saturated rings. The van der Waals surface area contributed by atoms with Crippen molar-refractivity contribution in [2.24, 2.45) is 0 Å². The highest BCUT2D eigenvalue weighted by Crippen LogP contribution is 2.15. The zero-order chi connectivity index (χ0) is 9.10. The highest BCUT2D eigenvalue weighted by molar-refractivity contribution is 9.10. The molecule has 0 saturated carbocycles. The Balaban J connectivity index is 0.000000980. The molecule has 0 aromatic carbocycles. The maximum Gasteiger partial charge on any atom is 0.213 e. The van der Waals surface area contributed by atoms with E-state index in [1.165, 1.54) is 0 Å². The van der Waals surface area contributed by atoms with Crippen molar-refractivity contribution in [1.29, 1.82) is 0 Å². The first-order chi connectivity index (χ1) is 6.34. The third-order valence-corrected chi connectivity index (χ3v) is 2.47. The number of hydrogen-bond acceptors (Lipinski definition) is 3. The van der Waals surface area contributed by atoms with Gasteiger partial charge < -0.3 is 10.1 Å². The van der Waals surface area contributed by atoms with Gasteiger partial charge in [0.05, 0.1) is 0 Å². The van der Waals surface area contributed by atoms with E-state index in [1.54, 1.807) is 6.20 Å². The van der Waals surface area contributed by atoms with Crippen LogP contribution in [0.15, 0.2) is 22.8 Å². The van der Waals surface area contributed by atoms with E-state index < -0.39 is 0 Å². The number of pyridine rings is 1. The highest BCUT2D eigenvalue weighted by Gasteiger charge is 2.15. The lowest BCUT2D eigenvalue weighted by molar-refractivity contribution is 0.214. The number of aromatic nitrogens is 1. The van der Waals surface area contributed by atoms with Crippen LogP contribution in [0.2, 0.25) is 0 Å². The third kappa shape index (κ3) is 3.12. The largest absolute Gasteiger partial charge is 0.473 e. The summed E-state index contributed by atoms with van der Waals surface area (Å²) in [5.41, 5.74) is 0. The fourth-order valence-electron chi connectivity index (χ4n) is 1.33. The molecule has 5 heteroatoms. The standard InChI is InChI=1S/C9H11BrN2O.ClH/c10-7-1-2-9(12-5-7)13-8-3-4-11-6-8;/h1-2,5,8,11H,3-4,6H2;1H/t8-;/m0./s1. The van der Waals surface area contributed by atoms with Crippen molar-refractivity contribution in [1.82, 2.24) is 10.3 Å². The molecule has 1 aromatic rings. The molecule has 1 aliphatic heterocycles. The smallest absolute Gasteiger partial charge is 0.213 e. The Morgan fingerprint density at radius 3 is 2.93 bits per heavy atom. The summed E-state index contributed by atoms with van der Waals surface area (Å²) in [4.78, 5) is 4.14. The van der Waals surface area contributed by atoms with Crippen molar-refractivity contribution < 1.29 is 4.74 Å². The molecule has 1 aliphatic rings. The summed E-state index contributed by atoms with van der Waals surface area (Å²) in [6, 6.07) is 3.81. The Bertz CT molecular complexity index is 275. The molecule has 1 atom stereocenters. The molecule has 78 valence electrons. The maximum absolute atomic E-state index is 5.64. The van der Waals surface area contributed by atoms with Crippen LogP contribution in [-0.2, 0) is 0 Å². The Hall–Kier alpha value is -0.320. The first-order valence-electron chi connectivity index (χ1n) is 4.33. The van der Waals surface area contributed by atoms with Gasteiger partial charge in [0.1, 0.15) is 6.10 Å². The normalized spacial score (nSPS) is 20.2. The van der Waals surface area contributed by atoms with E-state index >= 15 is 0 Å². The first-order valence-corrected chi connectivity index (χ1v) is 5.13. The predicted octanol–water partition coefficient (Wildman–Crippen LogP) is 2.01. The summed E-state index contributed by atoms with van der Waals surface area (Å²) in [7, 11) is 0. The lowest BCUT2D eigenvalue weighted by atomic mass is 10.3. The Morgan fingerprint density at radius 2 is 2.36 bits per heavy atom. The summed E-state index contributed by atoms with van der Waals surface area (Å²) in [6.45, 7) is 1.97. The van der Waals surface area contributed by atoms with E-state index in [-0.39, 0.29) is 18.5 Å². The molecule has 14 heavy (non-hydrogen) atoms. The molecule has 0 spiro atoms. The van der Waals surface area contributed by atoms with E-state index in [0.717, 1.165) is 24.0 Å². The second kappa shape index (κ2) is 5.53. The number of ether oxygens (including phenoxy) is 1. The lowest BCUT2D eigenvalue weighted by Crippen LogP contribution is -2.19. The van der Waals surface area contributed by atoms with Crippen LogP contribution < -0.4 is 10.1 Å². The molecule has 1 N–H and O–H groups in total. The topological polar surface area (TPSA) is 34.1 Å². The average Bonchev–Trinajstić information content (AvgIpc) is 2.62. The number of hydrogen-bond donors (Lipinski definition) is 1. The van der Waals surface area contributed by atoms with E-state index in [9.17, 15) is 0 Å². The molecule has 0 radical (unpaired) electrons. The Kier molecular flexibility index (Phi) is 4.65. The van der Waals surface area contributed by atoms with Gasteiger partial charge in [-0.2, -0.15) is 0 Å². The van der Waals surface area contributed by atoms with Gasteiger partial charge in [0, 0.05) is 23.3 Å². The molecule has 1 saturated heterocycles. The fourth-order valence-corrected chi connectivity index (χ4v) is 1.57. The minimum absolute atomic E-state index is 0. The van der Waals surface area contributed by atoms with E-state index in [2.05, 4.69) is 26.2 Å². The molecule has 0 bridgehead atoms. The Labute approximate surface area is 97.8 Å². The van der Waals surface area contributed by atoms with Crippen LogP contribution in [0, 0.1) is 0 Å². The number of rotatable bonds is 2. The summed E-state index contributed by atoms with van der Waals surface area (Å²) >= 11 is 3.33. The highest BCUT2D eigenvalue weighted by atomic mass is 79.9. The van der Waals surface area contributed by atoms with Crippen LogP contribution in [-0.4, -0.2) is 24.2 Å². The zero-order valence-corrected chi connectivity index (χ0v) is 9.97. The summed E-state index contributed by atoms with van der Waals surface area (Å²) in [6.07, 6.45) is 3.10. The van der Waals surface area contributed by atoms with Crippen molar-refractivity contribution >= 4 is 28.3 Å². The van der Waals surface area contributed by atoms with Crippen molar-refractivity contribution in [3.8, 4) is 5.88 Å². The van der Waals surface area contributed by atoms with Crippen LogP contribution in [0.3, 0.4) is 0 Å². The van der Waals surface area contributed by atoms with E-state index in [0.29, 0.717) is 5.88 Å². The second-order valence-electron chi connectivity index (χ2n) is 3.05. The SMILES string of the molecule is Brc1ccc(O[C@H]2CCNC2)nc1.Cl. The van der Waals surface area contributed by atoms with Gasteiger partial charge in [-0.15, -0.1) is 12.4 Å². The van der Waals surface area contributed by atoms with Crippen LogP contribution in [0.4, 0.5) is 0 Å². The van der Waals surface area contributed by atoms with Crippen molar-refractivity contribution in [3.05, 3.63) is 22.8 Å². The molecular weight excluding hydrogens is 267 g/mol. The van der Waals surface area contributed by atoms with Crippen molar-refractivity contribution in [2.45, 2.75) is 12.5 Å². The van der Waals surface area contributed by atoms with Gasteiger partial charge in [-0.25, -0.2) is 4.98 Å². The van der Waals surface area contributed by atoms with Crippen LogP contribution >= 0.6 is 28.3 Å². The van der Waals surface area contributed by atoms with Crippen molar-refractivity contribution in [2.75, 3.05) is 13.1 Å². The molecule has 1 aromatic heterocycles. The Morgan fingerprint density at radius 1 is 1.50 bits per heavy atom. The third-order valence-electron chi connectivity index (χ3n) is 2.00. The quantitative estimate of drug-likeness (QED) is 0.899. The van der Waals surface area contributed by atoms with Crippen LogP contribution in [0.1, 0.15) is 6.42 Å².